The number of halogens is 1. The molecule has 0 fully saturated rings. The molecule has 0 unspecified atom stereocenters. The Morgan fingerprint density at radius 2 is 2.20 bits per heavy atom. The van der Waals surface area contributed by atoms with Gasteiger partial charge in [0, 0.05) is 6.54 Å². The lowest BCUT2D eigenvalue weighted by atomic mass is 10.2. The molecule has 0 aliphatic carbocycles. The van der Waals surface area contributed by atoms with E-state index in [0.717, 1.165) is 5.56 Å². The van der Waals surface area contributed by atoms with Crippen LogP contribution < -0.4 is 10.9 Å². The third kappa shape index (κ3) is 3.89. The van der Waals surface area contributed by atoms with E-state index >= 15 is 0 Å². The molecule has 0 aliphatic heterocycles. The highest BCUT2D eigenvalue weighted by molar-refractivity contribution is 7.99. The van der Waals surface area contributed by atoms with Crippen molar-refractivity contribution < 1.29 is 4.79 Å². The second kappa shape index (κ2) is 7.59. The molecule has 0 atom stereocenters. The number of nitrogens with one attached hydrogen (secondary N) is 1. The highest BCUT2D eigenvalue weighted by Gasteiger charge is 2.13. The Morgan fingerprint density at radius 3 is 2.92 bits per heavy atom. The number of carbonyl (C=O) groups excluding carboxylic acids is 1. The number of carbonyl (C=O) groups is 1. The summed E-state index contributed by atoms with van der Waals surface area (Å²) in [5.74, 6) is -0.0511. The molecule has 0 spiro atoms. The SMILES string of the molecule is CCn1c(SCC(=O)Nc2ccc(C)cc2Cl)nc2ccsc2c1=O. The standard InChI is InChI=1S/C17H16ClN3O2S2/c1-3-21-16(23)15-13(6-7-24-15)20-17(21)25-9-14(22)19-12-5-4-10(2)8-11(12)18/h4-8H,3,9H2,1-2H3,(H,19,22). The molecule has 3 rings (SSSR count). The minimum atomic E-state index is -0.196. The molecule has 0 radical (unpaired) electrons. The zero-order valence-corrected chi connectivity index (χ0v) is 16.1. The van der Waals surface area contributed by atoms with Gasteiger partial charge in [-0.25, -0.2) is 4.98 Å². The number of thioether (sulfide) groups is 1. The molecule has 1 aromatic carbocycles. The lowest BCUT2D eigenvalue weighted by molar-refractivity contribution is -0.113. The number of anilines is 1. The van der Waals surface area contributed by atoms with Gasteiger partial charge in [0.1, 0.15) is 4.70 Å². The number of hydrogen-bond acceptors (Lipinski definition) is 5. The largest absolute Gasteiger partial charge is 0.324 e. The summed E-state index contributed by atoms with van der Waals surface area (Å²) in [4.78, 5) is 29.2. The van der Waals surface area contributed by atoms with Crippen LogP contribution >= 0.6 is 34.7 Å². The second-order valence-electron chi connectivity index (χ2n) is 5.40. The van der Waals surface area contributed by atoms with Gasteiger partial charge in [-0.15, -0.1) is 11.3 Å². The van der Waals surface area contributed by atoms with E-state index in [1.807, 2.05) is 31.4 Å². The van der Waals surface area contributed by atoms with Gasteiger partial charge in [0.2, 0.25) is 5.91 Å². The average Bonchev–Trinajstić information content (AvgIpc) is 3.04. The normalized spacial score (nSPS) is 11.0. The zero-order chi connectivity index (χ0) is 18.0. The van der Waals surface area contributed by atoms with Gasteiger partial charge < -0.3 is 5.32 Å². The number of aromatic nitrogens is 2. The molecule has 0 aliphatic rings. The van der Waals surface area contributed by atoms with Crippen molar-refractivity contribution in [1.29, 1.82) is 0 Å². The molecule has 2 aromatic heterocycles. The van der Waals surface area contributed by atoms with Crippen molar-refractivity contribution in [3.8, 4) is 0 Å². The van der Waals surface area contributed by atoms with Crippen molar-refractivity contribution in [2.45, 2.75) is 25.5 Å². The maximum atomic E-state index is 12.5. The summed E-state index contributed by atoms with van der Waals surface area (Å²) in [7, 11) is 0. The number of nitrogens with zero attached hydrogens (tertiary/aromatic N) is 2. The van der Waals surface area contributed by atoms with Crippen LogP contribution in [0, 0.1) is 6.92 Å². The molecule has 25 heavy (non-hydrogen) atoms. The maximum Gasteiger partial charge on any atom is 0.272 e. The van der Waals surface area contributed by atoms with Gasteiger partial charge in [0.05, 0.1) is 22.0 Å². The van der Waals surface area contributed by atoms with E-state index in [-0.39, 0.29) is 17.2 Å². The van der Waals surface area contributed by atoms with E-state index in [1.54, 1.807) is 16.7 Å². The van der Waals surface area contributed by atoms with Crippen LogP contribution in [-0.4, -0.2) is 21.2 Å². The Morgan fingerprint density at radius 1 is 1.40 bits per heavy atom. The first-order valence-corrected chi connectivity index (χ1v) is 9.90. The van der Waals surface area contributed by atoms with Gasteiger partial charge in [-0.1, -0.05) is 29.4 Å². The fraction of sp³-hybridized carbons (Fsp3) is 0.235. The Kier molecular flexibility index (Phi) is 5.46. The summed E-state index contributed by atoms with van der Waals surface area (Å²) in [5.41, 5.74) is 2.21. The third-order valence-electron chi connectivity index (χ3n) is 3.58. The summed E-state index contributed by atoms with van der Waals surface area (Å²) in [6.07, 6.45) is 0. The van der Waals surface area contributed by atoms with E-state index in [4.69, 9.17) is 11.6 Å². The van der Waals surface area contributed by atoms with Gasteiger partial charge in [-0.05, 0) is 43.0 Å². The number of fused-ring (bicyclic) bond motifs is 1. The fourth-order valence-electron chi connectivity index (χ4n) is 2.35. The molecule has 2 heterocycles. The predicted octanol–water partition coefficient (Wildman–Crippen LogP) is 4.17. The van der Waals surface area contributed by atoms with Gasteiger partial charge in [0.15, 0.2) is 5.16 Å². The molecule has 0 saturated heterocycles. The Bertz CT molecular complexity index is 997. The Hall–Kier alpha value is -1.83. The van der Waals surface area contributed by atoms with Gasteiger partial charge in [-0.2, -0.15) is 0 Å². The summed E-state index contributed by atoms with van der Waals surface area (Å²) >= 11 is 8.76. The number of amides is 1. The van der Waals surface area contributed by atoms with Crippen LogP contribution in [0.1, 0.15) is 12.5 Å². The van der Waals surface area contributed by atoms with E-state index in [1.165, 1.54) is 23.1 Å². The van der Waals surface area contributed by atoms with Crippen molar-refractivity contribution >= 4 is 56.5 Å². The predicted molar refractivity (Wildman–Crippen MR) is 105 cm³/mol. The highest BCUT2D eigenvalue weighted by Crippen LogP contribution is 2.24. The Labute approximate surface area is 158 Å². The third-order valence-corrected chi connectivity index (χ3v) is 5.76. The summed E-state index contributed by atoms with van der Waals surface area (Å²) in [5, 5.41) is 5.68. The molecule has 8 heteroatoms. The zero-order valence-electron chi connectivity index (χ0n) is 13.7. The van der Waals surface area contributed by atoms with E-state index in [9.17, 15) is 9.59 Å². The van der Waals surface area contributed by atoms with Crippen LogP contribution in [0.25, 0.3) is 10.2 Å². The minimum Gasteiger partial charge on any atom is -0.324 e. The second-order valence-corrected chi connectivity index (χ2v) is 7.66. The first kappa shape index (κ1) is 18.0. The summed E-state index contributed by atoms with van der Waals surface area (Å²) in [6.45, 7) is 4.33. The molecule has 0 bridgehead atoms. The summed E-state index contributed by atoms with van der Waals surface area (Å²) < 4.78 is 2.23. The lowest BCUT2D eigenvalue weighted by Crippen LogP contribution is -2.22. The molecular formula is C17H16ClN3O2S2. The molecule has 0 saturated carbocycles. The van der Waals surface area contributed by atoms with Crippen molar-refractivity contribution in [1.82, 2.24) is 9.55 Å². The average molecular weight is 394 g/mol. The number of aryl methyl sites for hydroxylation is 1. The monoisotopic (exact) mass is 393 g/mol. The minimum absolute atomic E-state index is 0.0630. The van der Waals surface area contributed by atoms with Crippen LogP contribution in [0.4, 0.5) is 5.69 Å². The van der Waals surface area contributed by atoms with Crippen LogP contribution in [0.2, 0.25) is 5.02 Å². The fourth-order valence-corrected chi connectivity index (χ4v) is 4.27. The topological polar surface area (TPSA) is 64.0 Å². The molecule has 5 nitrogen and oxygen atoms in total. The van der Waals surface area contributed by atoms with Gasteiger partial charge in [-0.3, -0.25) is 14.2 Å². The van der Waals surface area contributed by atoms with Crippen LogP contribution in [0.15, 0.2) is 39.6 Å². The summed E-state index contributed by atoms with van der Waals surface area (Å²) in [6, 6.07) is 7.27. The van der Waals surface area contributed by atoms with Gasteiger partial charge >= 0.3 is 0 Å². The molecule has 130 valence electrons. The lowest BCUT2D eigenvalue weighted by Gasteiger charge is -2.10. The van der Waals surface area contributed by atoms with Crippen molar-refractivity contribution in [2.24, 2.45) is 0 Å². The molecule has 3 aromatic rings. The van der Waals surface area contributed by atoms with Crippen LogP contribution in [0.5, 0.6) is 0 Å². The van der Waals surface area contributed by atoms with E-state index in [0.29, 0.717) is 32.6 Å². The number of benzene rings is 1. The first-order valence-electron chi connectivity index (χ1n) is 7.66. The number of rotatable bonds is 5. The van der Waals surface area contributed by atoms with Crippen LogP contribution in [-0.2, 0) is 11.3 Å². The molecule has 1 N–H and O–H groups in total. The first-order chi connectivity index (χ1) is 12.0. The van der Waals surface area contributed by atoms with E-state index in [2.05, 4.69) is 10.3 Å². The van der Waals surface area contributed by atoms with Crippen molar-refractivity contribution in [3.05, 3.63) is 50.6 Å². The Balaban J connectivity index is 1.75. The molecule has 1 amide bonds. The van der Waals surface area contributed by atoms with Crippen molar-refractivity contribution in [3.63, 3.8) is 0 Å². The van der Waals surface area contributed by atoms with Crippen molar-refractivity contribution in [2.75, 3.05) is 11.1 Å². The van der Waals surface area contributed by atoms with Crippen LogP contribution in [0.3, 0.4) is 0 Å². The number of thiophene rings is 1. The quantitative estimate of drug-likeness (QED) is 0.522. The van der Waals surface area contributed by atoms with E-state index < -0.39 is 0 Å². The smallest absolute Gasteiger partial charge is 0.272 e. The number of hydrogen-bond donors (Lipinski definition) is 1. The molecular weight excluding hydrogens is 378 g/mol. The maximum absolute atomic E-state index is 12.5. The highest BCUT2D eigenvalue weighted by atomic mass is 35.5. The van der Waals surface area contributed by atoms with Gasteiger partial charge in [0.25, 0.3) is 5.56 Å².